The summed E-state index contributed by atoms with van der Waals surface area (Å²) in [6, 6.07) is 17.3. The molecule has 4 nitrogen and oxygen atoms in total. The molecule has 0 atom stereocenters. The number of hydrogen-bond donors (Lipinski definition) is 2. The first-order valence-corrected chi connectivity index (χ1v) is 10.0. The van der Waals surface area contributed by atoms with Crippen molar-refractivity contribution in [2.24, 2.45) is 0 Å². The Kier molecular flexibility index (Phi) is 7.12. The SMILES string of the molecule is Cc1ccc(Cl)cc1NCc1ccc(OCC(=O)Nc2ccccc2F)c(Br)c1. The summed E-state index contributed by atoms with van der Waals surface area (Å²) in [6.45, 7) is 2.39. The van der Waals surface area contributed by atoms with Crippen LogP contribution in [0.2, 0.25) is 5.02 Å². The predicted octanol–water partition coefficient (Wildman–Crippen LogP) is 6.18. The molecule has 0 radical (unpaired) electrons. The van der Waals surface area contributed by atoms with Gasteiger partial charge in [0.15, 0.2) is 6.61 Å². The number of anilines is 2. The Morgan fingerprint density at radius 3 is 2.66 bits per heavy atom. The van der Waals surface area contributed by atoms with Crippen molar-refractivity contribution >= 4 is 44.8 Å². The Labute approximate surface area is 182 Å². The van der Waals surface area contributed by atoms with Crippen LogP contribution in [0.1, 0.15) is 11.1 Å². The Morgan fingerprint density at radius 2 is 1.90 bits per heavy atom. The Bertz CT molecular complexity index is 1030. The normalized spacial score (nSPS) is 10.5. The average Bonchev–Trinajstić information content (AvgIpc) is 2.69. The highest BCUT2D eigenvalue weighted by Crippen LogP contribution is 2.27. The smallest absolute Gasteiger partial charge is 0.262 e. The number of benzene rings is 3. The van der Waals surface area contributed by atoms with Crippen molar-refractivity contribution in [3.05, 3.63) is 87.1 Å². The van der Waals surface area contributed by atoms with E-state index in [0.29, 0.717) is 17.3 Å². The first kappa shape index (κ1) is 21.1. The summed E-state index contributed by atoms with van der Waals surface area (Å²) < 4.78 is 19.9. The van der Waals surface area contributed by atoms with Crippen molar-refractivity contribution in [1.29, 1.82) is 0 Å². The van der Waals surface area contributed by atoms with Crippen molar-refractivity contribution in [1.82, 2.24) is 0 Å². The van der Waals surface area contributed by atoms with Gasteiger partial charge in [0.2, 0.25) is 0 Å². The molecule has 0 heterocycles. The van der Waals surface area contributed by atoms with E-state index in [-0.39, 0.29) is 12.3 Å². The topological polar surface area (TPSA) is 50.4 Å². The summed E-state index contributed by atoms with van der Waals surface area (Å²) in [5.41, 5.74) is 3.23. The monoisotopic (exact) mass is 476 g/mol. The highest BCUT2D eigenvalue weighted by Gasteiger charge is 2.09. The van der Waals surface area contributed by atoms with Gasteiger partial charge in [-0.05, 0) is 70.4 Å². The molecule has 150 valence electrons. The maximum atomic E-state index is 13.6. The molecule has 0 aromatic heterocycles. The third-order valence-electron chi connectivity index (χ3n) is 4.19. The summed E-state index contributed by atoms with van der Waals surface area (Å²) in [5, 5.41) is 6.52. The zero-order valence-electron chi connectivity index (χ0n) is 15.6. The molecule has 3 aromatic rings. The van der Waals surface area contributed by atoms with Gasteiger partial charge in [0.05, 0.1) is 10.2 Å². The molecule has 29 heavy (non-hydrogen) atoms. The molecule has 1 amide bonds. The molecule has 0 spiro atoms. The molecule has 3 rings (SSSR count). The largest absolute Gasteiger partial charge is 0.483 e. The molecular formula is C22H19BrClFN2O2. The van der Waals surface area contributed by atoms with Crippen LogP contribution in [0.15, 0.2) is 65.1 Å². The van der Waals surface area contributed by atoms with Gasteiger partial charge in [-0.15, -0.1) is 0 Å². The van der Waals surface area contributed by atoms with Gasteiger partial charge in [-0.3, -0.25) is 4.79 Å². The molecule has 0 fully saturated rings. The van der Waals surface area contributed by atoms with Crippen molar-refractivity contribution in [3.63, 3.8) is 0 Å². The van der Waals surface area contributed by atoms with Gasteiger partial charge in [0.1, 0.15) is 11.6 Å². The van der Waals surface area contributed by atoms with Gasteiger partial charge in [-0.1, -0.05) is 35.9 Å². The van der Waals surface area contributed by atoms with Crippen LogP contribution in [-0.4, -0.2) is 12.5 Å². The molecule has 2 N–H and O–H groups in total. The van der Waals surface area contributed by atoms with Crippen LogP contribution in [0, 0.1) is 12.7 Å². The van der Waals surface area contributed by atoms with Gasteiger partial charge < -0.3 is 15.4 Å². The summed E-state index contributed by atoms with van der Waals surface area (Å²) >= 11 is 9.51. The van der Waals surface area contributed by atoms with Crippen LogP contribution in [-0.2, 0) is 11.3 Å². The standard InChI is InChI=1S/C22H19BrClFN2O2/c1-14-6-8-16(24)11-20(14)26-12-15-7-9-21(17(23)10-15)29-13-22(28)27-19-5-3-2-4-18(19)25/h2-11,26H,12-13H2,1H3,(H,27,28). The molecule has 0 aliphatic rings. The number of aryl methyl sites for hydroxylation is 1. The summed E-state index contributed by atoms with van der Waals surface area (Å²) in [4.78, 5) is 12.0. The summed E-state index contributed by atoms with van der Waals surface area (Å²) in [5.74, 6) is -0.408. The lowest BCUT2D eigenvalue weighted by Gasteiger charge is -2.12. The Morgan fingerprint density at radius 1 is 1.10 bits per heavy atom. The predicted molar refractivity (Wildman–Crippen MR) is 118 cm³/mol. The van der Waals surface area contributed by atoms with Crippen molar-refractivity contribution in [2.45, 2.75) is 13.5 Å². The van der Waals surface area contributed by atoms with Gasteiger partial charge in [0.25, 0.3) is 5.91 Å². The molecule has 0 unspecified atom stereocenters. The quantitative estimate of drug-likeness (QED) is 0.427. The van der Waals surface area contributed by atoms with Crippen LogP contribution >= 0.6 is 27.5 Å². The number of halogens is 3. The second-order valence-electron chi connectivity index (χ2n) is 6.39. The number of rotatable bonds is 7. The number of amides is 1. The molecule has 0 saturated heterocycles. The molecule has 0 bridgehead atoms. The lowest BCUT2D eigenvalue weighted by atomic mass is 10.1. The van der Waals surface area contributed by atoms with Crippen LogP contribution in [0.25, 0.3) is 0 Å². The lowest BCUT2D eigenvalue weighted by molar-refractivity contribution is -0.118. The molecule has 0 aliphatic heterocycles. The maximum Gasteiger partial charge on any atom is 0.262 e. The van der Waals surface area contributed by atoms with E-state index in [4.69, 9.17) is 16.3 Å². The molecule has 7 heteroatoms. The number of nitrogens with one attached hydrogen (secondary N) is 2. The minimum atomic E-state index is -0.492. The number of carbonyl (C=O) groups excluding carboxylic acids is 1. The molecular weight excluding hydrogens is 459 g/mol. The average molecular weight is 478 g/mol. The van der Waals surface area contributed by atoms with E-state index in [1.165, 1.54) is 12.1 Å². The highest BCUT2D eigenvalue weighted by molar-refractivity contribution is 9.10. The van der Waals surface area contributed by atoms with E-state index in [0.717, 1.165) is 21.3 Å². The van der Waals surface area contributed by atoms with Gasteiger partial charge in [-0.25, -0.2) is 4.39 Å². The Hall–Kier alpha value is -2.57. The second kappa shape index (κ2) is 9.76. The summed E-state index contributed by atoms with van der Waals surface area (Å²) in [7, 11) is 0. The van der Waals surface area contributed by atoms with E-state index >= 15 is 0 Å². The number of ether oxygens (including phenoxy) is 1. The molecule has 0 aliphatic carbocycles. The van der Waals surface area contributed by atoms with Crippen LogP contribution < -0.4 is 15.4 Å². The third kappa shape index (κ3) is 5.95. The van der Waals surface area contributed by atoms with E-state index in [1.807, 2.05) is 37.3 Å². The van der Waals surface area contributed by atoms with Crippen LogP contribution in [0.5, 0.6) is 5.75 Å². The van der Waals surface area contributed by atoms with Crippen molar-refractivity contribution in [3.8, 4) is 5.75 Å². The second-order valence-corrected chi connectivity index (χ2v) is 7.69. The van der Waals surface area contributed by atoms with E-state index < -0.39 is 11.7 Å². The van der Waals surface area contributed by atoms with Gasteiger partial charge >= 0.3 is 0 Å². The highest BCUT2D eigenvalue weighted by atomic mass is 79.9. The lowest BCUT2D eigenvalue weighted by Crippen LogP contribution is -2.20. The van der Waals surface area contributed by atoms with Gasteiger partial charge in [-0.2, -0.15) is 0 Å². The number of carbonyl (C=O) groups is 1. The maximum absolute atomic E-state index is 13.6. The minimum absolute atomic E-state index is 0.123. The Balaban J connectivity index is 1.56. The third-order valence-corrected chi connectivity index (χ3v) is 5.04. The van der Waals surface area contributed by atoms with Crippen LogP contribution in [0.3, 0.4) is 0 Å². The van der Waals surface area contributed by atoms with Crippen molar-refractivity contribution < 1.29 is 13.9 Å². The molecule has 0 saturated carbocycles. The van der Waals surface area contributed by atoms with Gasteiger partial charge in [0, 0.05) is 17.3 Å². The number of hydrogen-bond acceptors (Lipinski definition) is 3. The van der Waals surface area contributed by atoms with Crippen molar-refractivity contribution in [2.75, 3.05) is 17.2 Å². The number of para-hydroxylation sites is 1. The fourth-order valence-corrected chi connectivity index (χ4v) is 3.36. The first-order valence-electron chi connectivity index (χ1n) is 8.88. The van der Waals surface area contributed by atoms with E-state index in [9.17, 15) is 9.18 Å². The zero-order valence-corrected chi connectivity index (χ0v) is 18.0. The minimum Gasteiger partial charge on any atom is -0.483 e. The zero-order chi connectivity index (χ0) is 20.8. The fraction of sp³-hybridized carbons (Fsp3) is 0.136. The van der Waals surface area contributed by atoms with Crippen LogP contribution in [0.4, 0.5) is 15.8 Å². The first-order chi connectivity index (χ1) is 13.9. The fourth-order valence-electron chi connectivity index (χ4n) is 2.65. The summed E-state index contributed by atoms with van der Waals surface area (Å²) in [6.07, 6.45) is 0. The van der Waals surface area contributed by atoms with E-state index in [2.05, 4.69) is 26.6 Å². The van der Waals surface area contributed by atoms with E-state index in [1.54, 1.807) is 18.2 Å². The molecule has 3 aromatic carbocycles.